The molecule has 6 aliphatic rings. The third-order valence-corrected chi connectivity index (χ3v) is 7.37. The second-order valence-corrected chi connectivity index (χ2v) is 8.72. The highest BCUT2D eigenvalue weighted by Crippen LogP contribution is 2.65. The zero-order valence-corrected chi connectivity index (χ0v) is 15.3. The molecule has 2 saturated carbocycles. The summed E-state index contributed by atoms with van der Waals surface area (Å²) in [7, 11) is 0. The molecule has 4 aliphatic carbocycles. The zero-order valence-electron chi connectivity index (χ0n) is 15.3. The summed E-state index contributed by atoms with van der Waals surface area (Å²) in [6.07, 6.45) is 5.65. The van der Waals surface area contributed by atoms with Gasteiger partial charge in [-0.1, -0.05) is 24.3 Å². The number of carbonyl (C=O) groups excluding carboxylic acids is 2. The molecule has 4 fully saturated rings. The third kappa shape index (κ3) is 2.31. The van der Waals surface area contributed by atoms with Crippen LogP contribution in [0.1, 0.15) is 12.0 Å². The first-order chi connectivity index (χ1) is 13.2. The lowest BCUT2D eigenvalue weighted by atomic mass is 9.63. The Kier molecular flexibility index (Phi) is 3.42. The van der Waals surface area contributed by atoms with Crippen LogP contribution in [0.25, 0.3) is 0 Å². The Bertz CT molecular complexity index is 790. The van der Waals surface area contributed by atoms with E-state index in [1.807, 2.05) is 12.1 Å². The largest absolute Gasteiger partial charge is 0.379 e. The van der Waals surface area contributed by atoms with Crippen LogP contribution in [0, 0.1) is 35.5 Å². The first-order valence-corrected chi connectivity index (χ1v) is 10.2. The number of morpholine rings is 1. The van der Waals surface area contributed by atoms with Crippen molar-refractivity contribution in [2.24, 2.45) is 35.5 Å². The van der Waals surface area contributed by atoms with Gasteiger partial charge in [-0.3, -0.25) is 19.4 Å². The van der Waals surface area contributed by atoms with E-state index in [1.165, 1.54) is 16.9 Å². The minimum Gasteiger partial charge on any atom is -0.379 e. The fourth-order valence-electron chi connectivity index (χ4n) is 5.98. The average molecular weight is 364 g/mol. The van der Waals surface area contributed by atoms with Gasteiger partial charge in [0.2, 0.25) is 11.8 Å². The number of ether oxygens (including phenoxy) is 1. The molecule has 2 aliphatic heterocycles. The summed E-state index contributed by atoms with van der Waals surface area (Å²) in [5.41, 5.74) is 1.94. The Morgan fingerprint density at radius 3 is 2.07 bits per heavy atom. The van der Waals surface area contributed by atoms with Gasteiger partial charge in [0, 0.05) is 19.6 Å². The maximum Gasteiger partial charge on any atom is 0.238 e. The van der Waals surface area contributed by atoms with E-state index in [1.54, 1.807) is 0 Å². The molecule has 7 rings (SSSR count). The molecule has 0 N–H and O–H groups in total. The molecule has 2 saturated heterocycles. The molecule has 140 valence electrons. The van der Waals surface area contributed by atoms with Gasteiger partial charge >= 0.3 is 0 Å². The number of nitrogens with zero attached hydrogens (tertiary/aromatic N) is 2. The van der Waals surface area contributed by atoms with Gasteiger partial charge in [0.1, 0.15) is 0 Å². The van der Waals surface area contributed by atoms with Crippen LogP contribution in [0.5, 0.6) is 0 Å². The Morgan fingerprint density at radius 2 is 1.48 bits per heavy atom. The number of imide groups is 1. The highest BCUT2D eigenvalue weighted by Gasteiger charge is 2.67. The van der Waals surface area contributed by atoms with Gasteiger partial charge in [-0.15, -0.1) is 0 Å². The summed E-state index contributed by atoms with van der Waals surface area (Å²) in [5.74, 6) is 1.67. The van der Waals surface area contributed by atoms with Crippen molar-refractivity contribution in [2.75, 3.05) is 31.2 Å². The zero-order chi connectivity index (χ0) is 18.1. The maximum absolute atomic E-state index is 13.2. The minimum atomic E-state index is -0.121. The van der Waals surface area contributed by atoms with Crippen molar-refractivity contribution in [3.8, 4) is 0 Å². The van der Waals surface area contributed by atoms with Crippen molar-refractivity contribution in [1.29, 1.82) is 0 Å². The van der Waals surface area contributed by atoms with Crippen LogP contribution >= 0.6 is 0 Å². The monoisotopic (exact) mass is 364 g/mol. The lowest BCUT2D eigenvalue weighted by Gasteiger charge is -2.37. The van der Waals surface area contributed by atoms with Gasteiger partial charge in [-0.2, -0.15) is 0 Å². The Labute approximate surface area is 159 Å². The predicted molar refractivity (Wildman–Crippen MR) is 99.7 cm³/mol. The lowest BCUT2D eigenvalue weighted by molar-refractivity contribution is -0.124. The maximum atomic E-state index is 13.2. The average Bonchev–Trinajstić information content (AvgIpc) is 3.48. The number of allylic oxidation sites excluding steroid dienone is 2. The first kappa shape index (κ1) is 16.0. The number of anilines is 1. The second kappa shape index (κ2) is 5.76. The van der Waals surface area contributed by atoms with Crippen LogP contribution in [0.2, 0.25) is 0 Å². The van der Waals surface area contributed by atoms with Crippen molar-refractivity contribution in [1.82, 2.24) is 4.90 Å². The molecule has 6 atom stereocenters. The van der Waals surface area contributed by atoms with Gasteiger partial charge in [0.15, 0.2) is 0 Å². The summed E-state index contributed by atoms with van der Waals surface area (Å²) in [6, 6.07) is 7.99. The molecule has 27 heavy (non-hydrogen) atoms. The number of benzene rings is 1. The molecule has 2 amide bonds. The number of hydrogen-bond donors (Lipinski definition) is 0. The third-order valence-electron chi connectivity index (χ3n) is 7.37. The summed E-state index contributed by atoms with van der Waals surface area (Å²) in [5, 5.41) is 0. The molecular formula is C22H24N2O3. The van der Waals surface area contributed by atoms with Crippen molar-refractivity contribution >= 4 is 17.5 Å². The van der Waals surface area contributed by atoms with Gasteiger partial charge in [-0.05, 0) is 47.8 Å². The van der Waals surface area contributed by atoms with E-state index in [0.717, 1.165) is 38.5 Å². The quantitative estimate of drug-likeness (QED) is 0.609. The Hall–Kier alpha value is -1.98. The summed E-state index contributed by atoms with van der Waals surface area (Å²) in [4.78, 5) is 30.2. The molecule has 0 spiro atoms. The number of amides is 2. The summed E-state index contributed by atoms with van der Waals surface area (Å²) >= 11 is 0. The number of rotatable bonds is 3. The number of carbonyl (C=O) groups is 2. The molecule has 1 aromatic rings. The molecule has 0 unspecified atom stereocenters. The van der Waals surface area contributed by atoms with Crippen molar-refractivity contribution < 1.29 is 14.3 Å². The molecular weight excluding hydrogens is 340 g/mol. The topological polar surface area (TPSA) is 49.9 Å². The normalized spacial score (nSPS) is 39.6. The van der Waals surface area contributed by atoms with Crippen molar-refractivity contribution in [3.63, 3.8) is 0 Å². The summed E-state index contributed by atoms with van der Waals surface area (Å²) in [6.45, 7) is 4.36. The second-order valence-electron chi connectivity index (χ2n) is 8.72. The van der Waals surface area contributed by atoms with E-state index in [2.05, 4.69) is 29.2 Å². The van der Waals surface area contributed by atoms with Gasteiger partial charge < -0.3 is 4.74 Å². The molecule has 2 heterocycles. The first-order valence-electron chi connectivity index (χ1n) is 10.2. The highest BCUT2D eigenvalue weighted by atomic mass is 16.5. The fourth-order valence-corrected chi connectivity index (χ4v) is 5.98. The van der Waals surface area contributed by atoms with Gasteiger partial charge in [0.25, 0.3) is 0 Å². The molecule has 1 aromatic carbocycles. The molecule has 2 bridgehead atoms. The molecule has 0 radical (unpaired) electrons. The minimum absolute atomic E-state index is 0.0237. The van der Waals surface area contributed by atoms with Crippen LogP contribution < -0.4 is 4.90 Å². The van der Waals surface area contributed by atoms with Gasteiger partial charge in [0.05, 0.1) is 30.7 Å². The van der Waals surface area contributed by atoms with E-state index >= 15 is 0 Å². The smallest absolute Gasteiger partial charge is 0.238 e. The van der Waals surface area contributed by atoms with E-state index in [-0.39, 0.29) is 35.5 Å². The molecule has 5 heteroatoms. The SMILES string of the molecule is O=C1[C@@H]2[C@H]3C=C[C@H]([C@H]4C[C@H]34)[C@@H]2C(=O)N1c1ccc(CN2CCOCC2)cc1. The van der Waals surface area contributed by atoms with Crippen LogP contribution in [-0.2, 0) is 20.9 Å². The van der Waals surface area contributed by atoms with E-state index in [0.29, 0.717) is 11.8 Å². The molecule has 0 aromatic heterocycles. The van der Waals surface area contributed by atoms with Crippen molar-refractivity contribution in [2.45, 2.75) is 13.0 Å². The fraction of sp³-hybridized carbons (Fsp3) is 0.545. The van der Waals surface area contributed by atoms with E-state index in [4.69, 9.17) is 4.74 Å². The standard InChI is InChI=1S/C22H24N2O3/c25-21-19-15-5-6-16(18-11-17(15)18)20(19)22(26)24(21)14-3-1-13(2-4-14)12-23-7-9-27-10-8-23/h1-6,15-20H,7-12H2/t15-,16+,17-,18-,19+,20-/m1/s1. The van der Waals surface area contributed by atoms with Crippen molar-refractivity contribution in [3.05, 3.63) is 42.0 Å². The van der Waals surface area contributed by atoms with Crippen LogP contribution in [0.4, 0.5) is 5.69 Å². The summed E-state index contributed by atoms with van der Waals surface area (Å²) < 4.78 is 5.40. The van der Waals surface area contributed by atoms with Crippen LogP contribution in [-0.4, -0.2) is 43.0 Å². The lowest BCUT2D eigenvalue weighted by Crippen LogP contribution is -2.40. The molecule has 5 nitrogen and oxygen atoms in total. The van der Waals surface area contributed by atoms with Gasteiger partial charge in [-0.25, -0.2) is 0 Å². The van der Waals surface area contributed by atoms with Crippen LogP contribution in [0.15, 0.2) is 36.4 Å². The Morgan fingerprint density at radius 1 is 0.889 bits per heavy atom. The highest BCUT2D eigenvalue weighted by molar-refractivity contribution is 6.22. The van der Waals surface area contributed by atoms with E-state index < -0.39 is 0 Å². The predicted octanol–water partition coefficient (Wildman–Crippen LogP) is 2.08. The van der Waals surface area contributed by atoms with Crippen LogP contribution in [0.3, 0.4) is 0 Å². The van der Waals surface area contributed by atoms with E-state index in [9.17, 15) is 9.59 Å². The number of hydrogen-bond acceptors (Lipinski definition) is 4. The Balaban J connectivity index is 1.23.